The zero-order valence-corrected chi connectivity index (χ0v) is 14.7. The topological polar surface area (TPSA) is 54.5 Å². The maximum absolute atomic E-state index is 12.5. The predicted molar refractivity (Wildman–Crippen MR) is 93.6 cm³/mol. The lowest BCUT2D eigenvalue weighted by Gasteiger charge is -2.42. The normalized spacial score (nSPS) is 22.7. The summed E-state index contributed by atoms with van der Waals surface area (Å²) >= 11 is 0. The summed E-state index contributed by atoms with van der Waals surface area (Å²) in [5, 5.41) is 3.16. The number of hydrogen-bond donors (Lipinski definition) is 1. The first-order valence-corrected chi connectivity index (χ1v) is 9.24. The van der Waals surface area contributed by atoms with Crippen LogP contribution in [0.2, 0.25) is 0 Å². The molecule has 2 aliphatic rings. The molecule has 2 fully saturated rings. The van der Waals surface area contributed by atoms with Crippen molar-refractivity contribution < 1.29 is 9.53 Å². The number of ether oxygens (including phenoxy) is 1. The molecule has 1 atom stereocenters. The van der Waals surface area contributed by atoms with Crippen LogP contribution >= 0.6 is 0 Å². The highest BCUT2D eigenvalue weighted by molar-refractivity contribution is 5.74. The Labute approximate surface area is 144 Å². The largest absolute Gasteiger partial charge is 0.372 e. The van der Waals surface area contributed by atoms with Crippen molar-refractivity contribution in [3.8, 4) is 0 Å². The highest BCUT2D eigenvalue weighted by Gasteiger charge is 2.36. The van der Waals surface area contributed by atoms with Crippen molar-refractivity contribution in [2.75, 3.05) is 19.6 Å². The van der Waals surface area contributed by atoms with Crippen LogP contribution in [0.4, 0.5) is 4.79 Å². The summed E-state index contributed by atoms with van der Waals surface area (Å²) in [4.78, 5) is 18.5. The van der Waals surface area contributed by atoms with E-state index in [1.165, 1.54) is 19.3 Å². The Bertz CT molecular complexity index is 525. The van der Waals surface area contributed by atoms with Crippen LogP contribution in [-0.2, 0) is 11.3 Å². The number of nitrogens with one attached hydrogen (secondary N) is 1. The first-order chi connectivity index (χ1) is 11.7. The second-order valence-electron chi connectivity index (χ2n) is 7.25. The molecule has 2 amide bonds. The summed E-state index contributed by atoms with van der Waals surface area (Å²) < 4.78 is 5.99. The van der Waals surface area contributed by atoms with Crippen molar-refractivity contribution in [3.05, 3.63) is 30.1 Å². The molecule has 5 heteroatoms. The molecule has 3 rings (SSSR count). The minimum atomic E-state index is 0.0735. The number of amides is 2. The number of urea groups is 1. The summed E-state index contributed by atoms with van der Waals surface area (Å²) in [6.45, 7) is 5.13. The molecule has 0 spiro atoms. The van der Waals surface area contributed by atoms with Crippen LogP contribution in [0.3, 0.4) is 0 Å². The molecule has 132 valence electrons. The Kier molecular flexibility index (Phi) is 5.72. The molecule has 0 radical (unpaired) electrons. The van der Waals surface area contributed by atoms with E-state index < -0.39 is 0 Å². The van der Waals surface area contributed by atoms with Crippen LogP contribution < -0.4 is 5.32 Å². The minimum absolute atomic E-state index is 0.0735. The fraction of sp³-hybridized carbons (Fsp3) is 0.684. The molecular formula is C19H29N3O2. The molecule has 1 saturated heterocycles. The molecule has 2 heterocycles. The van der Waals surface area contributed by atoms with Gasteiger partial charge in [0.1, 0.15) is 0 Å². The van der Waals surface area contributed by atoms with Crippen molar-refractivity contribution in [2.24, 2.45) is 5.41 Å². The predicted octanol–water partition coefficient (Wildman–Crippen LogP) is 3.35. The fourth-order valence-electron chi connectivity index (χ4n) is 3.66. The Morgan fingerprint density at radius 3 is 3.00 bits per heavy atom. The molecule has 0 bridgehead atoms. The third kappa shape index (κ3) is 4.26. The molecule has 1 aromatic rings. The van der Waals surface area contributed by atoms with E-state index >= 15 is 0 Å². The average Bonchev–Trinajstić information content (AvgIpc) is 2.60. The van der Waals surface area contributed by atoms with Crippen LogP contribution in [0, 0.1) is 5.41 Å². The van der Waals surface area contributed by atoms with Gasteiger partial charge in [0.25, 0.3) is 0 Å². The quantitative estimate of drug-likeness (QED) is 0.870. The van der Waals surface area contributed by atoms with Crippen molar-refractivity contribution >= 4 is 6.03 Å². The molecule has 1 aromatic heterocycles. The van der Waals surface area contributed by atoms with E-state index in [9.17, 15) is 4.79 Å². The van der Waals surface area contributed by atoms with Gasteiger partial charge in [0, 0.05) is 32.0 Å². The maximum Gasteiger partial charge on any atom is 0.317 e. The Balaban J connectivity index is 1.43. The van der Waals surface area contributed by atoms with Crippen molar-refractivity contribution in [3.63, 3.8) is 0 Å². The number of hydrogen-bond acceptors (Lipinski definition) is 3. The van der Waals surface area contributed by atoms with Crippen molar-refractivity contribution in [2.45, 2.75) is 58.2 Å². The van der Waals surface area contributed by atoms with Gasteiger partial charge >= 0.3 is 6.03 Å². The van der Waals surface area contributed by atoms with Crippen LogP contribution in [0.1, 0.15) is 51.0 Å². The molecule has 5 nitrogen and oxygen atoms in total. The minimum Gasteiger partial charge on any atom is -0.372 e. The van der Waals surface area contributed by atoms with Gasteiger partial charge in [0.05, 0.1) is 12.7 Å². The van der Waals surface area contributed by atoms with Gasteiger partial charge in [-0.05, 0) is 49.1 Å². The first kappa shape index (κ1) is 17.2. The number of carbonyl (C=O) groups excluding carboxylic acids is 1. The van der Waals surface area contributed by atoms with E-state index in [0.717, 1.165) is 37.9 Å². The van der Waals surface area contributed by atoms with Crippen molar-refractivity contribution in [1.82, 2.24) is 15.2 Å². The van der Waals surface area contributed by atoms with Crippen LogP contribution in [0.25, 0.3) is 0 Å². The highest BCUT2D eigenvalue weighted by Crippen LogP contribution is 2.43. The molecule has 1 unspecified atom stereocenters. The monoisotopic (exact) mass is 331 g/mol. The number of likely N-dealkylation sites (tertiary alicyclic amines) is 1. The Morgan fingerprint density at radius 1 is 1.46 bits per heavy atom. The lowest BCUT2D eigenvalue weighted by atomic mass is 9.67. The molecule has 1 saturated carbocycles. The molecule has 1 aliphatic heterocycles. The third-order valence-corrected chi connectivity index (χ3v) is 5.65. The SMILES string of the molecule is CCC1(CNC(=O)N2CCCC(OCc3cccnc3)C2)CCC1. The van der Waals surface area contributed by atoms with Gasteiger partial charge in [-0.1, -0.05) is 19.4 Å². The van der Waals surface area contributed by atoms with Gasteiger partial charge in [-0.2, -0.15) is 0 Å². The van der Waals surface area contributed by atoms with E-state index in [1.54, 1.807) is 6.20 Å². The summed E-state index contributed by atoms with van der Waals surface area (Å²) in [6.07, 6.45) is 10.7. The van der Waals surface area contributed by atoms with Gasteiger partial charge in [-0.15, -0.1) is 0 Å². The average molecular weight is 331 g/mol. The maximum atomic E-state index is 12.5. The van der Waals surface area contributed by atoms with Gasteiger partial charge in [-0.25, -0.2) is 4.79 Å². The first-order valence-electron chi connectivity index (χ1n) is 9.24. The van der Waals surface area contributed by atoms with Crippen LogP contribution in [-0.4, -0.2) is 41.7 Å². The number of pyridine rings is 1. The van der Waals surface area contributed by atoms with E-state index in [4.69, 9.17) is 4.74 Å². The number of nitrogens with zero attached hydrogens (tertiary/aromatic N) is 2. The second-order valence-corrected chi connectivity index (χ2v) is 7.25. The summed E-state index contributed by atoms with van der Waals surface area (Å²) in [5.74, 6) is 0. The fourth-order valence-corrected chi connectivity index (χ4v) is 3.66. The summed E-state index contributed by atoms with van der Waals surface area (Å²) in [7, 11) is 0. The van der Waals surface area contributed by atoms with Crippen LogP contribution in [0.15, 0.2) is 24.5 Å². The molecule has 1 aliphatic carbocycles. The molecule has 24 heavy (non-hydrogen) atoms. The van der Waals surface area contributed by atoms with E-state index in [1.807, 2.05) is 23.2 Å². The van der Waals surface area contributed by atoms with E-state index in [2.05, 4.69) is 17.2 Å². The number of piperidine rings is 1. The lowest BCUT2D eigenvalue weighted by Crippen LogP contribution is -2.51. The molecule has 1 N–H and O–H groups in total. The Morgan fingerprint density at radius 2 is 2.33 bits per heavy atom. The van der Waals surface area contributed by atoms with E-state index in [0.29, 0.717) is 18.6 Å². The molecular weight excluding hydrogens is 302 g/mol. The zero-order valence-electron chi connectivity index (χ0n) is 14.7. The standard InChI is InChI=1S/C19H29N3O2/c1-2-19(8-5-9-19)15-21-18(23)22-11-4-7-17(13-22)24-14-16-6-3-10-20-12-16/h3,6,10,12,17H,2,4-5,7-9,11,13-15H2,1H3,(H,21,23). The van der Waals surface area contributed by atoms with Gasteiger partial charge in [-0.3, -0.25) is 4.98 Å². The van der Waals surface area contributed by atoms with Crippen LogP contribution in [0.5, 0.6) is 0 Å². The number of carbonyl (C=O) groups is 1. The number of rotatable bonds is 6. The smallest absolute Gasteiger partial charge is 0.317 e. The highest BCUT2D eigenvalue weighted by atomic mass is 16.5. The lowest BCUT2D eigenvalue weighted by molar-refractivity contribution is -0.00104. The summed E-state index contributed by atoms with van der Waals surface area (Å²) in [6, 6.07) is 4.01. The Hall–Kier alpha value is -1.62. The van der Waals surface area contributed by atoms with Gasteiger partial charge in [0.15, 0.2) is 0 Å². The zero-order chi connectivity index (χ0) is 16.8. The van der Waals surface area contributed by atoms with Crippen molar-refractivity contribution in [1.29, 1.82) is 0 Å². The second kappa shape index (κ2) is 7.97. The molecule has 0 aromatic carbocycles. The summed E-state index contributed by atoms with van der Waals surface area (Å²) in [5.41, 5.74) is 1.44. The van der Waals surface area contributed by atoms with Gasteiger partial charge < -0.3 is 15.0 Å². The number of aromatic nitrogens is 1. The third-order valence-electron chi connectivity index (χ3n) is 5.65. The van der Waals surface area contributed by atoms with E-state index in [-0.39, 0.29) is 12.1 Å². The van der Waals surface area contributed by atoms with Gasteiger partial charge in [0.2, 0.25) is 0 Å².